The summed E-state index contributed by atoms with van der Waals surface area (Å²) in [6.45, 7) is 6.15. The smallest absolute Gasteiger partial charge is 0.231 e. The first-order valence-corrected chi connectivity index (χ1v) is 7.51. The molecule has 19 heavy (non-hydrogen) atoms. The third-order valence-electron chi connectivity index (χ3n) is 4.31. The lowest BCUT2D eigenvalue weighted by Crippen LogP contribution is -2.44. The van der Waals surface area contributed by atoms with Crippen LogP contribution in [0.3, 0.4) is 0 Å². The minimum atomic E-state index is 0.421. The Morgan fingerprint density at radius 3 is 2.84 bits per heavy atom. The minimum absolute atomic E-state index is 0.421. The Morgan fingerprint density at radius 2 is 2.11 bits per heavy atom. The van der Waals surface area contributed by atoms with E-state index in [1.165, 1.54) is 19.4 Å². The van der Waals surface area contributed by atoms with Crippen molar-refractivity contribution in [2.75, 3.05) is 26.3 Å². The van der Waals surface area contributed by atoms with Gasteiger partial charge < -0.3 is 9.26 Å². The number of piperidine rings is 1. The standard InChI is InChI=1S/C14H23N3O2/c1-2-13-15-14(19-16-13)11-4-3-7-17(10-11)12-5-8-18-9-6-12/h11-12H,2-10H2,1H3. The molecule has 2 aliphatic rings. The lowest BCUT2D eigenvalue weighted by Gasteiger charge is -2.38. The van der Waals surface area contributed by atoms with E-state index in [1.54, 1.807) is 0 Å². The quantitative estimate of drug-likeness (QED) is 0.836. The summed E-state index contributed by atoms with van der Waals surface area (Å²) in [5.74, 6) is 2.09. The van der Waals surface area contributed by atoms with Crippen LogP contribution in [0.1, 0.15) is 50.2 Å². The number of hydrogen-bond acceptors (Lipinski definition) is 5. The van der Waals surface area contributed by atoms with Crippen LogP contribution in [0, 0.1) is 0 Å². The van der Waals surface area contributed by atoms with Gasteiger partial charge in [-0.1, -0.05) is 12.1 Å². The maximum atomic E-state index is 5.45. The molecule has 0 spiro atoms. The van der Waals surface area contributed by atoms with Gasteiger partial charge in [0.05, 0.1) is 5.92 Å². The minimum Gasteiger partial charge on any atom is -0.381 e. The second-order valence-corrected chi connectivity index (χ2v) is 5.58. The predicted molar refractivity (Wildman–Crippen MR) is 71.1 cm³/mol. The molecule has 0 bridgehead atoms. The molecule has 3 heterocycles. The fourth-order valence-corrected chi connectivity index (χ4v) is 3.17. The number of ether oxygens (including phenoxy) is 1. The number of nitrogens with zero attached hydrogens (tertiary/aromatic N) is 3. The predicted octanol–water partition coefficient (Wildman–Crippen LogP) is 1.99. The maximum absolute atomic E-state index is 5.45. The van der Waals surface area contributed by atoms with E-state index in [2.05, 4.69) is 22.0 Å². The summed E-state index contributed by atoms with van der Waals surface area (Å²) < 4.78 is 10.9. The summed E-state index contributed by atoms with van der Waals surface area (Å²) in [7, 11) is 0. The largest absolute Gasteiger partial charge is 0.381 e. The van der Waals surface area contributed by atoms with Crippen LogP contribution in [0.4, 0.5) is 0 Å². The Morgan fingerprint density at radius 1 is 1.26 bits per heavy atom. The molecular weight excluding hydrogens is 242 g/mol. The second kappa shape index (κ2) is 6.01. The van der Waals surface area contributed by atoms with Crippen molar-refractivity contribution in [1.29, 1.82) is 0 Å². The van der Waals surface area contributed by atoms with E-state index in [9.17, 15) is 0 Å². The van der Waals surface area contributed by atoms with Crippen LogP contribution in [0.5, 0.6) is 0 Å². The van der Waals surface area contributed by atoms with Crippen molar-refractivity contribution in [2.24, 2.45) is 0 Å². The van der Waals surface area contributed by atoms with E-state index in [0.717, 1.165) is 50.7 Å². The topological polar surface area (TPSA) is 51.4 Å². The van der Waals surface area contributed by atoms with Gasteiger partial charge in [-0.25, -0.2) is 0 Å². The summed E-state index contributed by atoms with van der Waals surface area (Å²) in [6.07, 6.45) is 5.57. The Hall–Kier alpha value is -0.940. The van der Waals surface area contributed by atoms with Gasteiger partial charge >= 0.3 is 0 Å². The summed E-state index contributed by atoms with van der Waals surface area (Å²) >= 11 is 0. The summed E-state index contributed by atoms with van der Waals surface area (Å²) in [5, 5.41) is 4.02. The molecule has 1 aromatic rings. The van der Waals surface area contributed by atoms with Crippen LogP contribution in [-0.4, -0.2) is 47.4 Å². The Kier molecular flexibility index (Phi) is 4.13. The average molecular weight is 265 g/mol. The lowest BCUT2D eigenvalue weighted by atomic mass is 9.95. The van der Waals surface area contributed by atoms with Gasteiger partial charge in [0.25, 0.3) is 0 Å². The van der Waals surface area contributed by atoms with Gasteiger partial charge in [0, 0.05) is 32.2 Å². The molecule has 2 fully saturated rings. The maximum Gasteiger partial charge on any atom is 0.231 e. The van der Waals surface area contributed by atoms with Crippen molar-refractivity contribution in [2.45, 2.75) is 51.0 Å². The third kappa shape index (κ3) is 2.98. The molecule has 106 valence electrons. The molecule has 2 saturated heterocycles. The van der Waals surface area contributed by atoms with Crippen LogP contribution in [0.25, 0.3) is 0 Å². The van der Waals surface area contributed by atoms with Crippen LogP contribution in [-0.2, 0) is 11.2 Å². The Bertz CT molecular complexity index is 401. The van der Waals surface area contributed by atoms with Crippen molar-refractivity contribution >= 4 is 0 Å². The third-order valence-corrected chi connectivity index (χ3v) is 4.31. The molecule has 0 radical (unpaired) electrons. The first-order valence-electron chi connectivity index (χ1n) is 7.51. The van der Waals surface area contributed by atoms with Crippen molar-refractivity contribution < 1.29 is 9.26 Å². The Labute approximate surface area is 114 Å². The fraction of sp³-hybridized carbons (Fsp3) is 0.857. The van der Waals surface area contributed by atoms with Crippen LogP contribution in [0.15, 0.2) is 4.52 Å². The van der Waals surface area contributed by atoms with Crippen molar-refractivity contribution in [3.05, 3.63) is 11.7 Å². The van der Waals surface area contributed by atoms with Gasteiger partial charge in [-0.15, -0.1) is 0 Å². The molecule has 5 nitrogen and oxygen atoms in total. The van der Waals surface area contributed by atoms with Crippen LogP contribution >= 0.6 is 0 Å². The summed E-state index contributed by atoms with van der Waals surface area (Å²) in [6, 6.07) is 0.685. The number of likely N-dealkylation sites (tertiary alicyclic amines) is 1. The molecule has 1 atom stereocenters. The molecule has 3 rings (SSSR count). The van der Waals surface area contributed by atoms with E-state index < -0.39 is 0 Å². The molecule has 2 aliphatic heterocycles. The van der Waals surface area contributed by atoms with E-state index in [4.69, 9.17) is 9.26 Å². The van der Waals surface area contributed by atoms with Crippen LogP contribution in [0.2, 0.25) is 0 Å². The normalized spacial score (nSPS) is 26.7. The number of aromatic nitrogens is 2. The summed E-state index contributed by atoms with van der Waals surface area (Å²) in [4.78, 5) is 7.11. The van der Waals surface area contributed by atoms with Crippen molar-refractivity contribution in [1.82, 2.24) is 15.0 Å². The molecule has 0 aliphatic carbocycles. The molecule has 1 aromatic heterocycles. The molecule has 0 aromatic carbocycles. The van der Waals surface area contributed by atoms with Gasteiger partial charge in [-0.3, -0.25) is 4.90 Å². The van der Waals surface area contributed by atoms with Gasteiger partial charge in [0.1, 0.15) is 0 Å². The molecule has 5 heteroatoms. The zero-order chi connectivity index (χ0) is 13.1. The SMILES string of the molecule is CCc1noc(C2CCCN(C3CCOCC3)C2)n1. The van der Waals surface area contributed by atoms with Gasteiger partial charge in [-0.05, 0) is 32.2 Å². The van der Waals surface area contributed by atoms with Gasteiger partial charge in [0.15, 0.2) is 5.82 Å². The highest BCUT2D eigenvalue weighted by atomic mass is 16.5. The zero-order valence-corrected chi connectivity index (χ0v) is 11.7. The summed E-state index contributed by atoms with van der Waals surface area (Å²) in [5.41, 5.74) is 0. The van der Waals surface area contributed by atoms with Gasteiger partial charge in [-0.2, -0.15) is 4.98 Å². The molecule has 1 unspecified atom stereocenters. The molecular formula is C14H23N3O2. The van der Waals surface area contributed by atoms with Gasteiger partial charge in [0.2, 0.25) is 5.89 Å². The number of hydrogen-bond donors (Lipinski definition) is 0. The van der Waals surface area contributed by atoms with Crippen molar-refractivity contribution in [3.63, 3.8) is 0 Å². The van der Waals surface area contributed by atoms with E-state index >= 15 is 0 Å². The zero-order valence-electron chi connectivity index (χ0n) is 11.7. The first kappa shape index (κ1) is 13.1. The average Bonchev–Trinajstić information content (AvgIpc) is 2.97. The highest BCUT2D eigenvalue weighted by Crippen LogP contribution is 2.29. The Balaban J connectivity index is 1.63. The first-order chi connectivity index (χ1) is 9.36. The molecule has 0 N–H and O–H groups in total. The number of aryl methyl sites for hydroxylation is 1. The van der Waals surface area contributed by atoms with E-state index in [0.29, 0.717) is 12.0 Å². The monoisotopic (exact) mass is 265 g/mol. The van der Waals surface area contributed by atoms with E-state index in [-0.39, 0.29) is 0 Å². The van der Waals surface area contributed by atoms with Crippen LogP contribution < -0.4 is 0 Å². The van der Waals surface area contributed by atoms with E-state index in [1.807, 2.05) is 0 Å². The molecule has 0 saturated carbocycles. The van der Waals surface area contributed by atoms with Crippen molar-refractivity contribution in [3.8, 4) is 0 Å². The fourth-order valence-electron chi connectivity index (χ4n) is 3.17. The lowest BCUT2D eigenvalue weighted by molar-refractivity contribution is 0.0221. The second-order valence-electron chi connectivity index (χ2n) is 5.58. The highest BCUT2D eigenvalue weighted by molar-refractivity contribution is 4.98. The molecule has 0 amide bonds. The number of rotatable bonds is 3. The highest BCUT2D eigenvalue weighted by Gasteiger charge is 2.30.